The summed E-state index contributed by atoms with van der Waals surface area (Å²) in [6, 6.07) is 12.4. The molecule has 94 valence electrons. The van der Waals surface area contributed by atoms with E-state index in [1.54, 1.807) is 19.2 Å². The number of nitrogens with one attached hydrogen (secondary N) is 1. The van der Waals surface area contributed by atoms with Crippen molar-refractivity contribution in [2.24, 2.45) is 0 Å². The number of phenols is 2. The van der Waals surface area contributed by atoms with Crippen LogP contribution >= 0.6 is 0 Å². The van der Waals surface area contributed by atoms with Crippen molar-refractivity contribution in [1.82, 2.24) is 0 Å². The van der Waals surface area contributed by atoms with Crippen LogP contribution in [0.25, 0.3) is 0 Å². The van der Waals surface area contributed by atoms with E-state index >= 15 is 0 Å². The predicted molar refractivity (Wildman–Crippen MR) is 70.1 cm³/mol. The molecule has 0 aliphatic heterocycles. The lowest BCUT2D eigenvalue weighted by Gasteiger charge is -2.09. The average Bonchev–Trinajstić information content (AvgIpc) is 2.41. The summed E-state index contributed by atoms with van der Waals surface area (Å²) >= 11 is 0. The Labute approximate surface area is 105 Å². The van der Waals surface area contributed by atoms with Crippen molar-refractivity contribution in [3.05, 3.63) is 48.0 Å². The molecule has 2 rings (SSSR count). The minimum absolute atomic E-state index is 0.0847. The molecular weight excluding hydrogens is 230 g/mol. The van der Waals surface area contributed by atoms with Crippen molar-refractivity contribution in [3.63, 3.8) is 0 Å². The van der Waals surface area contributed by atoms with E-state index in [4.69, 9.17) is 4.74 Å². The maximum absolute atomic E-state index is 9.65. The van der Waals surface area contributed by atoms with Gasteiger partial charge in [-0.15, -0.1) is 0 Å². The van der Waals surface area contributed by atoms with Crippen molar-refractivity contribution < 1.29 is 14.9 Å². The summed E-state index contributed by atoms with van der Waals surface area (Å²) < 4.78 is 5.07. The number of benzene rings is 2. The quantitative estimate of drug-likeness (QED) is 0.725. The molecule has 2 aromatic rings. The van der Waals surface area contributed by atoms with Crippen LogP contribution in [0.2, 0.25) is 0 Å². The Kier molecular flexibility index (Phi) is 3.57. The van der Waals surface area contributed by atoms with Crippen LogP contribution in [0.15, 0.2) is 42.5 Å². The number of ether oxygens (including phenoxy) is 1. The van der Waals surface area contributed by atoms with Crippen LogP contribution in [-0.2, 0) is 6.54 Å². The third kappa shape index (κ3) is 2.66. The Morgan fingerprint density at radius 3 is 2.44 bits per heavy atom. The Morgan fingerprint density at radius 1 is 1.06 bits per heavy atom. The summed E-state index contributed by atoms with van der Waals surface area (Å²) in [6.07, 6.45) is 0. The Bertz CT molecular complexity index is 523. The molecular formula is C14H15NO3. The first kappa shape index (κ1) is 12.1. The SMILES string of the molecule is COc1ccc(NCc2cccc(O)c2O)cc1. The smallest absolute Gasteiger partial charge is 0.162 e. The highest BCUT2D eigenvalue weighted by Gasteiger charge is 2.05. The molecule has 3 N–H and O–H groups in total. The van der Waals surface area contributed by atoms with E-state index in [0.29, 0.717) is 12.1 Å². The second kappa shape index (κ2) is 5.31. The zero-order chi connectivity index (χ0) is 13.0. The van der Waals surface area contributed by atoms with Gasteiger partial charge in [0.05, 0.1) is 7.11 Å². The second-order valence-corrected chi connectivity index (χ2v) is 3.87. The summed E-state index contributed by atoms with van der Waals surface area (Å²) in [5.41, 5.74) is 1.56. The molecule has 0 radical (unpaired) electrons. The molecule has 0 aliphatic carbocycles. The van der Waals surface area contributed by atoms with Crippen LogP contribution in [-0.4, -0.2) is 17.3 Å². The fourth-order valence-corrected chi connectivity index (χ4v) is 1.63. The molecule has 0 aromatic heterocycles. The normalized spacial score (nSPS) is 10.1. The van der Waals surface area contributed by atoms with Gasteiger partial charge in [0.2, 0.25) is 0 Å². The summed E-state index contributed by atoms with van der Waals surface area (Å²) in [5, 5.41) is 22.2. The molecule has 18 heavy (non-hydrogen) atoms. The molecule has 0 aliphatic rings. The van der Waals surface area contributed by atoms with Gasteiger partial charge in [-0.1, -0.05) is 12.1 Å². The lowest BCUT2D eigenvalue weighted by Crippen LogP contribution is -1.99. The number of methoxy groups -OCH3 is 1. The third-order valence-corrected chi connectivity index (χ3v) is 2.67. The standard InChI is InChI=1S/C14H15NO3/c1-18-12-7-5-11(6-8-12)15-9-10-3-2-4-13(16)14(10)17/h2-8,15-17H,9H2,1H3. The van der Waals surface area contributed by atoms with Crippen molar-refractivity contribution in [3.8, 4) is 17.2 Å². The fraction of sp³-hybridized carbons (Fsp3) is 0.143. The van der Waals surface area contributed by atoms with Crippen molar-refractivity contribution in [1.29, 1.82) is 0 Å². The zero-order valence-electron chi connectivity index (χ0n) is 10.1. The first-order valence-corrected chi connectivity index (χ1v) is 5.58. The second-order valence-electron chi connectivity index (χ2n) is 3.87. The Morgan fingerprint density at radius 2 is 1.78 bits per heavy atom. The molecule has 0 atom stereocenters. The minimum Gasteiger partial charge on any atom is -0.504 e. The highest BCUT2D eigenvalue weighted by atomic mass is 16.5. The largest absolute Gasteiger partial charge is 0.504 e. The molecule has 4 nitrogen and oxygen atoms in total. The number of hydrogen-bond donors (Lipinski definition) is 3. The van der Waals surface area contributed by atoms with Gasteiger partial charge in [-0.3, -0.25) is 0 Å². The van der Waals surface area contributed by atoms with Gasteiger partial charge in [0, 0.05) is 17.8 Å². The first-order chi connectivity index (χ1) is 8.70. The molecule has 0 heterocycles. The number of aromatic hydroxyl groups is 2. The maximum atomic E-state index is 9.65. The molecule has 0 saturated carbocycles. The van der Waals surface area contributed by atoms with Crippen molar-refractivity contribution in [2.45, 2.75) is 6.54 Å². The molecule has 0 fully saturated rings. The van der Waals surface area contributed by atoms with Crippen LogP contribution < -0.4 is 10.1 Å². The predicted octanol–water partition coefficient (Wildman–Crippen LogP) is 2.72. The molecule has 2 aromatic carbocycles. The molecule has 0 bridgehead atoms. The summed E-state index contributed by atoms with van der Waals surface area (Å²) in [7, 11) is 1.62. The Balaban J connectivity index is 2.04. The highest BCUT2D eigenvalue weighted by Crippen LogP contribution is 2.28. The van der Waals surface area contributed by atoms with Crippen LogP contribution in [0.3, 0.4) is 0 Å². The van der Waals surface area contributed by atoms with E-state index < -0.39 is 0 Å². The molecule has 0 amide bonds. The van der Waals surface area contributed by atoms with Crippen molar-refractivity contribution in [2.75, 3.05) is 12.4 Å². The van der Waals surface area contributed by atoms with Crippen LogP contribution in [0.1, 0.15) is 5.56 Å². The average molecular weight is 245 g/mol. The number of hydrogen-bond acceptors (Lipinski definition) is 4. The van der Waals surface area contributed by atoms with Gasteiger partial charge in [-0.25, -0.2) is 0 Å². The molecule has 0 spiro atoms. The van der Waals surface area contributed by atoms with Crippen molar-refractivity contribution >= 4 is 5.69 Å². The monoisotopic (exact) mass is 245 g/mol. The van der Waals surface area contributed by atoms with Gasteiger partial charge in [-0.2, -0.15) is 0 Å². The van der Waals surface area contributed by atoms with Crippen LogP contribution in [0, 0.1) is 0 Å². The van der Waals surface area contributed by atoms with Gasteiger partial charge in [0.25, 0.3) is 0 Å². The number of phenolic OH excluding ortho intramolecular Hbond substituents is 2. The fourth-order valence-electron chi connectivity index (χ4n) is 1.63. The van der Waals surface area contributed by atoms with Gasteiger partial charge in [0.1, 0.15) is 5.75 Å². The van der Waals surface area contributed by atoms with Crippen LogP contribution in [0.4, 0.5) is 5.69 Å². The van der Waals surface area contributed by atoms with Gasteiger partial charge in [-0.05, 0) is 30.3 Å². The lowest BCUT2D eigenvalue weighted by molar-refractivity contribution is 0.400. The maximum Gasteiger partial charge on any atom is 0.162 e. The summed E-state index contributed by atoms with van der Waals surface area (Å²) in [5.74, 6) is 0.600. The van der Waals surface area contributed by atoms with Gasteiger partial charge >= 0.3 is 0 Å². The highest BCUT2D eigenvalue weighted by molar-refractivity contribution is 5.50. The number of anilines is 1. The number of para-hydroxylation sites is 1. The lowest BCUT2D eigenvalue weighted by atomic mass is 10.2. The summed E-state index contributed by atoms with van der Waals surface area (Å²) in [4.78, 5) is 0. The number of rotatable bonds is 4. The van der Waals surface area contributed by atoms with Gasteiger partial charge in [0.15, 0.2) is 11.5 Å². The molecule has 0 unspecified atom stereocenters. The summed E-state index contributed by atoms with van der Waals surface area (Å²) in [6.45, 7) is 0.437. The van der Waals surface area contributed by atoms with E-state index in [-0.39, 0.29) is 11.5 Å². The van der Waals surface area contributed by atoms with E-state index in [1.165, 1.54) is 6.07 Å². The van der Waals surface area contributed by atoms with Crippen LogP contribution in [0.5, 0.6) is 17.2 Å². The molecule has 4 heteroatoms. The van der Waals surface area contributed by atoms with E-state index in [2.05, 4.69) is 5.32 Å². The van der Waals surface area contributed by atoms with E-state index in [9.17, 15) is 10.2 Å². The van der Waals surface area contributed by atoms with E-state index in [1.807, 2.05) is 24.3 Å². The Hall–Kier alpha value is -2.36. The zero-order valence-corrected chi connectivity index (χ0v) is 10.1. The molecule has 0 saturated heterocycles. The van der Waals surface area contributed by atoms with E-state index in [0.717, 1.165) is 11.4 Å². The first-order valence-electron chi connectivity index (χ1n) is 5.58. The third-order valence-electron chi connectivity index (χ3n) is 2.67. The minimum atomic E-state index is -0.107. The van der Waals surface area contributed by atoms with Gasteiger partial charge < -0.3 is 20.3 Å². The topological polar surface area (TPSA) is 61.7 Å².